The second-order valence-electron chi connectivity index (χ2n) is 8.25. The minimum atomic E-state index is -1.04. The molecule has 1 aromatic heterocycles. The Morgan fingerprint density at radius 2 is 1.67 bits per heavy atom. The van der Waals surface area contributed by atoms with Crippen LogP contribution < -0.4 is 0 Å². The summed E-state index contributed by atoms with van der Waals surface area (Å²) < 4.78 is 0. The molecule has 0 spiro atoms. The van der Waals surface area contributed by atoms with Crippen LogP contribution in [0.15, 0.2) is 73.1 Å². The monoisotopic (exact) mass is 394 g/mol. The van der Waals surface area contributed by atoms with Gasteiger partial charge in [-0.05, 0) is 53.3 Å². The highest BCUT2D eigenvalue weighted by Crippen LogP contribution is 2.48. The Hall–Kier alpha value is -2.93. The molecule has 150 valence electrons. The quantitative estimate of drug-likeness (QED) is 0.641. The van der Waals surface area contributed by atoms with Crippen LogP contribution in [-0.2, 0) is 5.60 Å². The molecule has 1 saturated heterocycles. The molecule has 3 aromatic rings. The number of aliphatic hydroxyl groups is 1. The number of likely N-dealkylation sites (tertiary alicyclic amines) is 1. The summed E-state index contributed by atoms with van der Waals surface area (Å²) in [6.07, 6.45) is 7.82. The van der Waals surface area contributed by atoms with E-state index in [0.717, 1.165) is 41.8 Å². The third-order valence-corrected chi connectivity index (χ3v) is 6.47. The zero-order valence-electron chi connectivity index (χ0n) is 17.1. The van der Waals surface area contributed by atoms with Crippen LogP contribution in [0.5, 0.6) is 0 Å². The third kappa shape index (κ3) is 3.33. The minimum Gasteiger partial charge on any atom is -0.379 e. The third-order valence-electron chi connectivity index (χ3n) is 6.47. The van der Waals surface area contributed by atoms with Crippen LogP contribution in [-0.4, -0.2) is 28.1 Å². The standard InChI is InChI=1S/C27H26N2O/c30-27(24-13-3-1-11-22(24)23-12-2-4-14-25(23)27)16-6-8-19-29-18-7-5-15-26(29)21-10-9-17-28-20-21/h1-4,9-14,17,20,26,30H,5,7,15-16,18-19H2/t26-/m1/s1. The highest BCUT2D eigenvalue weighted by atomic mass is 16.3. The summed E-state index contributed by atoms with van der Waals surface area (Å²) in [5.74, 6) is 6.68. The number of pyridine rings is 1. The number of benzene rings is 2. The summed E-state index contributed by atoms with van der Waals surface area (Å²) in [5.41, 5.74) is 4.40. The van der Waals surface area contributed by atoms with Crippen molar-refractivity contribution in [1.82, 2.24) is 9.88 Å². The first-order valence-corrected chi connectivity index (χ1v) is 10.8. The van der Waals surface area contributed by atoms with E-state index in [2.05, 4.69) is 39.9 Å². The lowest BCUT2D eigenvalue weighted by Gasteiger charge is -2.34. The summed E-state index contributed by atoms with van der Waals surface area (Å²) in [4.78, 5) is 6.75. The van der Waals surface area contributed by atoms with E-state index in [9.17, 15) is 5.11 Å². The lowest BCUT2D eigenvalue weighted by molar-refractivity contribution is 0.0913. The lowest BCUT2D eigenvalue weighted by atomic mass is 9.88. The number of aromatic nitrogens is 1. The lowest BCUT2D eigenvalue weighted by Crippen LogP contribution is -2.33. The second kappa shape index (κ2) is 8.07. The molecule has 30 heavy (non-hydrogen) atoms. The predicted octanol–water partition coefficient (Wildman–Crippen LogP) is 4.92. The Balaban J connectivity index is 1.36. The van der Waals surface area contributed by atoms with Gasteiger partial charge in [-0.3, -0.25) is 9.88 Å². The van der Waals surface area contributed by atoms with Crippen LogP contribution in [0, 0.1) is 11.8 Å². The second-order valence-corrected chi connectivity index (χ2v) is 8.25. The molecule has 3 nitrogen and oxygen atoms in total. The number of nitrogens with zero attached hydrogens (tertiary/aromatic N) is 2. The molecule has 1 aliphatic heterocycles. The molecule has 1 atom stereocenters. The Morgan fingerprint density at radius 3 is 2.37 bits per heavy atom. The van der Waals surface area contributed by atoms with Crippen molar-refractivity contribution in [2.24, 2.45) is 0 Å². The summed E-state index contributed by atoms with van der Waals surface area (Å²) in [6, 6.07) is 20.8. The maximum absolute atomic E-state index is 11.6. The van der Waals surface area contributed by atoms with E-state index in [-0.39, 0.29) is 0 Å². The molecule has 2 heterocycles. The van der Waals surface area contributed by atoms with Crippen molar-refractivity contribution in [3.8, 4) is 23.0 Å². The Labute approximate surface area is 178 Å². The van der Waals surface area contributed by atoms with E-state index in [0.29, 0.717) is 12.5 Å². The van der Waals surface area contributed by atoms with Gasteiger partial charge in [0.15, 0.2) is 0 Å². The first-order chi connectivity index (χ1) is 14.8. The zero-order chi connectivity index (χ0) is 20.4. The van der Waals surface area contributed by atoms with Crippen LogP contribution in [0.1, 0.15) is 48.4 Å². The van der Waals surface area contributed by atoms with Crippen LogP contribution >= 0.6 is 0 Å². The molecule has 0 amide bonds. The van der Waals surface area contributed by atoms with Gasteiger partial charge in [0, 0.05) is 24.9 Å². The molecule has 2 aliphatic rings. The van der Waals surface area contributed by atoms with Gasteiger partial charge in [-0.25, -0.2) is 0 Å². The summed E-state index contributed by atoms with van der Waals surface area (Å²) in [6.45, 7) is 1.78. The van der Waals surface area contributed by atoms with Crippen LogP contribution in [0.2, 0.25) is 0 Å². The van der Waals surface area contributed by atoms with Crippen molar-refractivity contribution in [2.75, 3.05) is 13.1 Å². The first-order valence-electron chi connectivity index (χ1n) is 10.8. The Morgan fingerprint density at radius 1 is 0.933 bits per heavy atom. The number of piperidine rings is 1. The van der Waals surface area contributed by atoms with Crippen molar-refractivity contribution < 1.29 is 5.11 Å². The molecule has 0 radical (unpaired) electrons. The summed E-state index contributed by atoms with van der Waals surface area (Å²) in [5, 5.41) is 11.6. The smallest absolute Gasteiger partial charge is 0.127 e. The molecular weight excluding hydrogens is 368 g/mol. The fourth-order valence-corrected chi connectivity index (χ4v) is 4.97. The molecule has 0 saturated carbocycles. The van der Waals surface area contributed by atoms with Crippen LogP contribution in [0.25, 0.3) is 11.1 Å². The van der Waals surface area contributed by atoms with E-state index in [1.54, 1.807) is 0 Å². The van der Waals surface area contributed by atoms with E-state index in [1.165, 1.54) is 18.4 Å². The number of fused-ring (bicyclic) bond motifs is 3. The molecule has 1 aliphatic carbocycles. The fraction of sp³-hybridized carbons (Fsp3) is 0.296. The van der Waals surface area contributed by atoms with Crippen molar-refractivity contribution in [3.05, 3.63) is 89.7 Å². The van der Waals surface area contributed by atoms with Crippen LogP contribution in [0.4, 0.5) is 0 Å². The number of hydrogen-bond donors (Lipinski definition) is 1. The molecule has 5 rings (SSSR count). The van der Waals surface area contributed by atoms with Gasteiger partial charge < -0.3 is 5.11 Å². The van der Waals surface area contributed by atoms with Crippen molar-refractivity contribution in [2.45, 2.75) is 37.3 Å². The Kier molecular flexibility index (Phi) is 5.12. The van der Waals surface area contributed by atoms with Crippen LogP contribution in [0.3, 0.4) is 0 Å². The van der Waals surface area contributed by atoms with Gasteiger partial charge in [0.2, 0.25) is 0 Å². The fourth-order valence-electron chi connectivity index (χ4n) is 4.97. The van der Waals surface area contributed by atoms with Gasteiger partial charge in [0.05, 0.1) is 6.54 Å². The van der Waals surface area contributed by atoms with Gasteiger partial charge in [0.25, 0.3) is 0 Å². The predicted molar refractivity (Wildman–Crippen MR) is 120 cm³/mol. The summed E-state index contributed by atoms with van der Waals surface area (Å²) in [7, 11) is 0. The molecule has 0 unspecified atom stereocenters. The molecule has 0 bridgehead atoms. The number of hydrogen-bond acceptors (Lipinski definition) is 3. The minimum absolute atomic E-state index is 0.387. The van der Waals surface area contributed by atoms with Gasteiger partial charge in [-0.2, -0.15) is 0 Å². The van der Waals surface area contributed by atoms with Crippen molar-refractivity contribution >= 4 is 0 Å². The molecular formula is C27H26N2O. The maximum Gasteiger partial charge on any atom is 0.127 e. The molecule has 2 aromatic carbocycles. The average molecular weight is 395 g/mol. The topological polar surface area (TPSA) is 36.4 Å². The van der Waals surface area contributed by atoms with Gasteiger partial charge >= 0.3 is 0 Å². The first kappa shape index (κ1) is 19.1. The van der Waals surface area contributed by atoms with Gasteiger partial charge in [-0.15, -0.1) is 0 Å². The molecule has 1 fully saturated rings. The SMILES string of the molecule is OC1(CC#CCN2CCCC[C@@H]2c2cccnc2)c2ccccc2-c2ccccc21. The Bertz CT molecular complexity index is 1050. The zero-order valence-corrected chi connectivity index (χ0v) is 17.1. The highest BCUT2D eigenvalue weighted by molar-refractivity contribution is 5.80. The average Bonchev–Trinajstić information content (AvgIpc) is 3.07. The van der Waals surface area contributed by atoms with E-state index < -0.39 is 5.60 Å². The van der Waals surface area contributed by atoms with Crippen molar-refractivity contribution in [1.29, 1.82) is 0 Å². The van der Waals surface area contributed by atoms with E-state index >= 15 is 0 Å². The normalized spacial score (nSPS) is 19.4. The van der Waals surface area contributed by atoms with E-state index in [1.807, 2.05) is 54.9 Å². The largest absolute Gasteiger partial charge is 0.379 e. The number of rotatable bonds is 3. The van der Waals surface area contributed by atoms with Crippen molar-refractivity contribution in [3.63, 3.8) is 0 Å². The maximum atomic E-state index is 11.6. The highest BCUT2D eigenvalue weighted by Gasteiger charge is 2.40. The van der Waals surface area contributed by atoms with Gasteiger partial charge in [0.1, 0.15) is 5.60 Å². The molecule has 1 N–H and O–H groups in total. The summed E-state index contributed by atoms with van der Waals surface area (Å²) >= 11 is 0. The van der Waals surface area contributed by atoms with E-state index in [4.69, 9.17) is 0 Å². The van der Waals surface area contributed by atoms with Gasteiger partial charge in [-0.1, -0.05) is 72.9 Å². The molecule has 3 heteroatoms.